The highest BCUT2D eigenvalue weighted by Gasteiger charge is 2.39. The van der Waals surface area contributed by atoms with Crippen LogP contribution in [0.3, 0.4) is 0 Å². The van der Waals surface area contributed by atoms with E-state index in [0.717, 1.165) is 25.1 Å². The van der Waals surface area contributed by atoms with Crippen LogP contribution in [0.15, 0.2) is 65.7 Å². The largest absolute Gasteiger partial charge is 0.365 e. The van der Waals surface area contributed by atoms with Gasteiger partial charge in [0.1, 0.15) is 0 Å². The summed E-state index contributed by atoms with van der Waals surface area (Å²) in [5, 5.41) is 0.0994. The van der Waals surface area contributed by atoms with Crippen LogP contribution in [0, 0.1) is 0 Å². The van der Waals surface area contributed by atoms with E-state index in [1.807, 2.05) is 29.3 Å². The molecule has 0 spiro atoms. The molecule has 3 heterocycles. The molecule has 2 N–H and O–H groups in total. The number of nitrogens with zero attached hydrogens (tertiary/aromatic N) is 3. The molecule has 2 atom stereocenters. The fraction of sp³-hybridized carbons (Fsp3) is 0.429. The molecule has 35 heavy (non-hydrogen) atoms. The van der Waals surface area contributed by atoms with Crippen molar-refractivity contribution in [2.75, 3.05) is 24.5 Å². The zero-order valence-corrected chi connectivity index (χ0v) is 21.0. The van der Waals surface area contributed by atoms with Gasteiger partial charge in [0, 0.05) is 31.4 Å². The van der Waals surface area contributed by atoms with Gasteiger partial charge in [-0.3, -0.25) is 14.5 Å². The van der Waals surface area contributed by atoms with E-state index in [1.54, 1.807) is 0 Å². The van der Waals surface area contributed by atoms with Crippen LogP contribution in [-0.2, 0) is 22.6 Å². The van der Waals surface area contributed by atoms with Gasteiger partial charge in [0.05, 0.1) is 16.3 Å². The van der Waals surface area contributed by atoms with E-state index in [2.05, 4.69) is 46.2 Å². The standard InChI is InChI=1S/C28H34N4O2S/c29-28(34)25-20-32(27(35-25)14-11-21-7-3-1-4-8-21)24-17-26(33)31(19-24)23-12-9-22(10-13-23)18-30-15-5-2-6-16-30/h1,3-4,7-10,12-13,20,24,27H,2,5-6,11,14-19H2,(H2,29,34). The number of piperidine rings is 1. The summed E-state index contributed by atoms with van der Waals surface area (Å²) in [6.45, 7) is 3.95. The van der Waals surface area contributed by atoms with Gasteiger partial charge in [-0.05, 0) is 62.0 Å². The molecule has 0 saturated carbocycles. The molecule has 3 aliphatic rings. The highest BCUT2D eigenvalue weighted by molar-refractivity contribution is 8.04. The molecule has 184 valence electrons. The number of rotatable bonds is 8. The van der Waals surface area contributed by atoms with Crippen LogP contribution >= 0.6 is 11.8 Å². The number of aryl methyl sites for hydroxylation is 1. The quantitative estimate of drug-likeness (QED) is 0.603. The first-order valence-electron chi connectivity index (χ1n) is 12.7. The molecule has 0 aliphatic carbocycles. The number of carbonyl (C=O) groups is 2. The molecule has 2 amide bonds. The Morgan fingerprint density at radius 3 is 2.43 bits per heavy atom. The predicted octanol–water partition coefficient (Wildman–Crippen LogP) is 4.11. The van der Waals surface area contributed by atoms with Crippen LogP contribution in [0.5, 0.6) is 0 Å². The van der Waals surface area contributed by atoms with Crippen LogP contribution in [-0.4, -0.2) is 52.7 Å². The number of hydrogen-bond acceptors (Lipinski definition) is 5. The molecule has 2 unspecified atom stereocenters. The number of thioether (sulfide) groups is 1. The molecule has 3 aliphatic heterocycles. The van der Waals surface area contributed by atoms with Crippen LogP contribution < -0.4 is 10.6 Å². The number of benzene rings is 2. The predicted molar refractivity (Wildman–Crippen MR) is 142 cm³/mol. The number of anilines is 1. The Hall–Kier alpha value is -2.77. The fourth-order valence-electron chi connectivity index (χ4n) is 5.36. The molecule has 0 bridgehead atoms. The molecular formula is C28H34N4O2S. The van der Waals surface area contributed by atoms with E-state index < -0.39 is 5.91 Å². The summed E-state index contributed by atoms with van der Waals surface area (Å²) in [6, 6.07) is 18.9. The fourth-order valence-corrected chi connectivity index (χ4v) is 6.54. The molecule has 2 aromatic carbocycles. The summed E-state index contributed by atoms with van der Waals surface area (Å²) in [5.74, 6) is -0.265. The number of likely N-dealkylation sites (tertiary alicyclic amines) is 1. The van der Waals surface area contributed by atoms with Gasteiger partial charge in [-0.1, -0.05) is 60.6 Å². The van der Waals surface area contributed by atoms with Crippen molar-refractivity contribution in [3.8, 4) is 0 Å². The summed E-state index contributed by atoms with van der Waals surface area (Å²) in [4.78, 5) is 32.1. The van der Waals surface area contributed by atoms with Crippen molar-refractivity contribution in [1.29, 1.82) is 0 Å². The van der Waals surface area contributed by atoms with Crippen molar-refractivity contribution in [3.63, 3.8) is 0 Å². The first-order valence-corrected chi connectivity index (χ1v) is 13.6. The van der Waals surface area contributed by atoms with Crippen molar-refractivity contribution in [2.24, 2.45) is 5.73 Å². The molecule has 5 rings (SSSR count). The van der Waals surface area contributed by atoms with Gasteiger partial charge in [-0.15, -0.1) is 0 Å². The van der Waals surface area contributed by atoms with Crippen molar-refractivity contribution in [3.05, 3.63) is 76.8 Å². The Bertz CT molecular complexity index is 1070. The third kappa shape index (κ3) is 5.73. The lowest BCUT2D eigenvalue weighted by Crippen LogP contribution is -2.37. The smallest absolute Gasteiger partial charge is 0.256 e. The van der Waals surface area contributed by atoms with E-state index in [9.17, 15) is 9.59 Å². The second-order valence-electron chi connectivity index (χ2n) is 9.77. The normalized spacial score (nSPS) is 23.1. The van der Waals surface area contributed by atoms with Crippen LogP contribution in [0.1, 0.15) is 43.2 Å². The molecule has 0 radical (unpaired) electrons. The van der Waals surface area contributed by atoms with Gasteiger partial charge < -0.3 is 15.5 Å². The Kier molecular flexibility index (Phi) is 7.44. The van der Waals surface area contributed by atoms with E-state index in [-0.39, 0.29) is 17.3 Å². The average Bonchev–Trinajstić information content (AvgIpc) is 3.48. The minimum absolute atomic E-state index is 0.0284. The number of amides is 2. The summed E-state index contributed by atoms with van der Waals surface area (Å²) in [5.41, 5.74) is 9.14. The molecule has 6 nitrogen and oxygen atoms in total. The summed E-state index contributed by atoms with van der Waals surface area (Å²) in [7, 11) is 0. The summed E-state index contributed by atoms with van der Waals surface area (Å²) < 4.78 is 0. The lowest BCUT2D eigenvalue weighted by atomic mass is 10.1. The van der Waals surface area contributed by atoms with Crippen molar-refractivity contribution in [1.82, 2.24) is 9.80 Å². The van der Waals surface area contributed by atoms with Gasteiger partial charge in [-0.25, -0.2) is 0 Å². The van der Waals surface area contributed by atoms with E-state index in [4.69, 9.17) is 5.73 Å². The topological polar surface area (TPSA) is 69.9 Å². The highest BCUT2D eigenvalue weighted by atomic mass is 32.2. The molecule has 7 heteroatoms. The maximum atomic E-state index is 13.0. The Labute approximate surface area is 212 Å². The van der Waals surface area contributed by atoms with E-state index in [1.165, 1.54) is 55.2 Å². The van der Waals surface area contributed by atoms with E-state index in [0.29, 0.717) is 17.9 Å². The first-order chi connectivity index (χ1) is 17.1. The third-order valence-corrected chi connectivity index (χ3v) is 8.57. The summed E-state index contributed by atoms with van der Waals surface area (Å²) in [6.07, 6.45) is 8.04. The maximum absolute atomic E-state index is 13.0. The van der Waals surface area contributed by atoms with Gasteiger partial charge >= 0.3 is 0 Å². The average molecular weight is 491 g/mol. The molecular weight excluding hydrogens is 456 g/mol. The SMILES string of the molecule is NC(=O)C1=CN(C2CC(=O)N(c3ccc(CN4CCCCC4)cc3)C2)C(CCc2ccccc2)S1. The maximum Gasteiger partial charge on any atom is 0.256 e. The van der Waals surface area contributed by atoms with Gasteiger partial charge in [0.25, 0.3) is 5.91 Å². The monoisotopic (exact) mass is 490 g/mol. The van der Waals surface area contributed by atoms with Crippen LogP contribution in [0.2, 0.25) is 0 Å². The van der Waals surface area contributed by atoms with Crippen LogP contribution in [0.25, 0.3) is 0 Å². The van der Waals surface area contributed by atoms with Gasteiger partial charge in [-0.2, -0.15) is 0 Å². The molecule has 0 aromatic heterocycles. The second-order valence-corrected chi connectivity index (χ2v) is 11.0. The molecule has 2 fully saturated rings. The summed E-state index contributed by atoms with van der Waals surface area (Å²) >= 11 is 1.53. The Morgan fingerprint density at radius 1 is 0.971 bits per heavy atom. The zero-order valence-electron chi connectivity index (χ0n) is 20.1. The minimum Gasteiger partial charge on any atom is -0.365 e. The number of carbonyl (C=O) groups excluding carboxylic acids is 2. The van der Waals surface area contributed by atoms with Crippen molar-refractivity contribution >= 4 is 29.3 Å². The van der Waals surface area contributed by atoms with Gasteiger partial charge in [0.2, 0.25) is 5.91 Å². The lowest BCUT2D eigenvalue weighted by molar-refractivity contribution is -0.117. The van der Waals surface area contributed by atoms with E-state index >= 15 is 0 Å². The zero-order chi connectivity index (χ0) is 24.2. The number of hydrogen-bond donors (Lipinski definition) is 1. The van der Waals surface area contributed by atoms with Crippen molar-refractivity contribution < 1.29 is 9.59 Å². The van der Waals surface area contributed by atoms with Crippen molar-refractivity contribution in [2.45, 2.75) is 56.5 Å². The highest BCUT2D eigenvalue weighted by Crippen LogP contribution is 2.39. The number of nitrogens with two attached hydrogens (primary N) is 1. The molecule has 2 aromatic rings. The number of primary amides is 1. The first kappa shape index (κ1) is 23.9. The lowest BCUT2D eigenvalue weighted by Gasteiger charge is -2.30. The second kappa shape index (κ2) is 10.9. The Morgan fingerprint density at radius 2 is 1.71 bits per heavy atom. The Balaban J connectivity index is 1.24. The molecule has 2 saturated heterocycles. The van der Waals surface area contributed by atoms with Gasteiger partial charge in [0.15, 0.2) is 0 Å². The van der Waals surface area contributed by atoms with Crippen LogP contribution in [0.4, 0.5) is 5.69 Å². The minimum atomic E-state index is -0.396. The third-order valence-electron chi connectivity index (χ3n) is 7.26.